The molecule has 2 amide bonds. The van der Waals surface area contributed by atoms with Crippen molar-refractivity contribution in [3.05, 3.63) is 60.2 Å². The number of thioether (sulfide) groups is 1. The minimum Gasteiger partial charge on any atom is -0.373 e. The predicted molar refractivity (Wildman–Crippen MR) is 129 cm³/mol. The molecule has 2 aromatic rings. The maximum atomic E-state index is 12.7. The van der Waals surface area contributed by atoms with Gasteiger partial charge in [-0.15, -0.1) is 11.8 Å². The van der Waals surface area contributed by atoms with Crippen molar-refractivity contribution in [3.8, 4) is 0 Å². The van der Waals surface area contributed by atoms with E-state index in [1.165, 1.54) is 43.9 Å². The van der Waals surface area contributed by atoms with Gasteiger partial charge in [0.1, 0.15) is 0 Å². The molecule has 166 valence electrons. The minimum atomic E-state index is -0.104. The molecule has 0 saturated heterocycles. The highest BCUT2D eigenvalue weighted by Gasteiger charge is 2.16. The molecule has 0 radical (unpaired) electrons. The third kappa shape index (κ3) is 7.62. The number of carbonyl (C=O) groups excluding carboxylic acids is 2. The summed E-state index contributed by atoms with van der Waals surface area (Å²) >= 11 is 1.42. The van der Waals surface area contributed by atoms with E-state index in [0.717, 1.165) is 17.1 Å². The van der Waals surface area contributed by atoms with Gasteiger partial charge in [-0.25, -0.2) is 0 Å². The van der Waals surface area contributed by atoms with Crippen molar-refractivity contribution in [1.82, 2.24) is 10.6 Å². The molecule has 2 N–H and O–H groups in total. The summed E-state index contributed by atoms with van der Waals surface area (Å²) in [7, 11) is 2.01. The Morgan fingerprint density at radius 3 is 2.45 bits per heavy atom. The molecular weight excluding hydrogens is 406 g/mol. The Morgan fingerprint density at radius 2 is 1.68 bits per heavy atom. The first-order valence-corrected chi connectivity index (χ1v) is 12.1. The number of hydrogen-bond donors (Lipinski definition) is 2. The summed E-state index contributed by atoms with van der Waals surface area (Å²) < 4.78 is 0. The van der Waals surface area contributed by atoms with E-state index in [1.54, 1.807) is 0 Å². The average molecular weight is 440 g/mol. The number of hydrogen-bond acceptors (Lipinski definition) is 4. The largest absolute Gasteiger partial charge is 0.373 e. The van der Waals surface area contributed by atoms with Crippen LogP contribution in [-0.2, 0) is 4.79 Å². The second-order valence-corrected chi connectivity index (χ2v) is 9.12. The molecular formula is C25H33N3O2S. The molecule has 6 heteroatoms. The van der Waals surface area contributed by atoms with Crippen molar-refractivity contribution < 1.29 is 9.59 Å². The highest BCUT2D eigenvalue weighted by Crippen LogP contribution is 2.24. The first-order chi connectivity index (χ1) is 15.1. The summed E-state index contributed by atoms with van der Waals surface area (Å²) in [5.41, 5.74) is 1.74. The Kier molecular flexibility index (Phi) is 9.28. The van der Waals surface area contributed by atoms with Crippen LogP contribution in [0.2, 0.25) is 0 Å². The van der Waals surface area contributed by atoms with Crippen LogP contribution in [0.3, 0.4) is 0 Å². The van der Waals surface area contributed by atoms with Crippen molar-refractivity contribution >= 4 is 29.3 Å². The Balaban J connectivity index is 1.44. The van der Waals surface area contributed by atoms with Crippen LogP contribution in [0.25, 0.3) is 0 Å². The number of rotatable bonds is 10. The molecule has 0 atom stereocenters. The molecule has 1 aliphatic rings. The van der Waals surface area contributed by atoms with Gasteiger partial charge >= 0.3 is 0 Å². The fourth-order valence-corrected chi connectivity index (χ4v) is 4.75. The molecule has 0 unspecified atom stereocenters. The number of anilines is 1. The molecule has 0 bridgehead atoms. The van der Waals surface area contributed by atoms with Gasteiger partial charge in [0.25, 0.3) is 5.91 Å². The first kappa shape index (κ1) is 23.2. The van der Waals surface area contributed by atoms with E-state index in [2.05, 4.69) is 15.5 Å². The van der Waals surface area contributed by atoms with Gasteiger partial charge in [-0.1, -0.05) is 49.6 Å². The zero-order chi connectivity index (χ0) is 21.9. The molecule has 0 aliphatic heterocycles. The minimum absolute atomic E-state index is 0.0373. The summed E-state index contributed by atoms with van der Waals surface area (Å²) in [5, 5.41) is 6.07. The average Bonchev–Trinajstić information content (AvgIpc) is 2.82. The van der Waals surface area contributed by atoms with E-state index in [0.29, 0.717) is 30.3 Å². The summed E-state index contributed by atoms with van der Waals surface area (Å²) in [5.74, 6) is 0.880. The Bertz CT molecular complexity index is 838. The van der Waals surface area contributed by atoms with Crippen molar-refractivity contribution in [2.45, 2.75) is 37.0 Å². The smallest absolute Gasteiger partial charge is 0.252 e. The molecule has 0 aromatic heterocycles. The van der Waals surface area contributed by atoms with E-state index in [9.17, 15) is 9.59 Å². The molecule has 2 aromatic carbocycles. The maximum Gasteiger partial charge on any atom is 0.252 e. The number of amides is 2. The number of benzene rings is 2. The molecule has 0 spiro atoms. The molecule has 1 saturated carbocycles. The lowest BCUT2D eigenvalue weighted by Gasteiger charge is -2.21. The van der Waals surface area contributed by atoms with Crippen LogP contribution in [0.5, 0.6) is 0 Å². The Hall–Kier alpha value is -2.47. The van der Waals surface area contributed by atoms with Crippen LogP contribution in [0.15, 0.2) is 59.5 Å². The monoisotopic (exact) mass is 439 g/mol. The van der Waals surface area contributed by atoms with E-state index >= 15 is 0 Å². The van der Waals surface area contributed by atoms with Crippen LogP contribution in [-0.4, -0.2) is 44.2 Å². The van der Waals surface area contributed by atoms with Gasteiger partial charge in [-0.2, -0.15) is 0 Å². The van der Waals surface area contributed by atoms with Gasteiger partial charge in [-0.3, -0.25) is 9.59 Å². The third-order valence-corrected chi connectivity index (χ3v) is 6.81. The maximum absolute atomic E-state index is 12.7. The number of likely N-dealkylation sites (N-methyl/N-ethyl adjacent to an activating group) is 1. The number of nitrogens with one attached hydrogen (secondary N) is 2. The first-order valence-electron chi connectivity index (χ1n) is 11.2. The summed E-state index contributed by atoms with van der Waals surface area (Å²) in [6.45, 7) is 2.04. The van der Waals surface area contributed by atoms with E-state index in [1.807, 2.05) is 61.6 Å². The lowest BCUT2D eigenvalue weighted by Crippen LogP contribution is -2.33. The second kappa shape index (κ2) is 12.4. The second-order valence-electron chi connectivity index (χ2n) is 8.11. The summed E-state index contributed by atoms with van der Waals surface area (Å²) in [6.07, 6.45) is 6.31. The Morgan fingerprint density at radius 1 is 0.968 bits per heavy atom. The zero-order valence-corrected chi connectivity index (χ0v) is 19.1. The quantitative estimate of drug-likeness (QED) is 0.541. The van der Waals surface area contributed by atoms with Crippen molar-refractivity contribution in [1.29, 1.82) is 0 Å². The van der Waals surface area contributed by atoms with Crippen molar-refractivity contribution in [3.63, 3.8) is 0 Å². The van der Waals surface area contributed by atoms with E-state index < -0.39 is 0 Å². The third-order valence-electron chi connectivity index (χ3n) is 5.73. The van der Waals surface area contributed by atoms with Crippen LogP contribution in [0.1, 0.15) is 42.5 Å². The molecule has 0 heterocycles. The predicted octanol–water partition coefficient (Wildman–Crippen LogP) is 4.34. The van der Waals surface area contributed by atoms with Crippen LogP contribution in [0.4, 0.5) is 5.69 Å². The number of carbonyl (C=O) groups is 2. The van der Waals surface area contributed by atoms with Crippen LogP contribution < -0.4 is 15.5 Å². The van der Waals surface area contributed by atoms with Crippen LogP contribution >= 0.6 is 11.8 Å². The standard InChI is InChI=1S/C25H33N3O2S/c1-28(21-12-6-3-7-13-21)17-16-26-25(30)22-14-8-9-15-23(22)31-19-24(29)27-18-20-10-4-2-5-11-20/h3,6-9,12-15,20H,2,4-5,10-11,16-19H2,1H3,(H,26,30)(H,27,29). The van der Waals surface area contributed by atoms with Crippen LogP contribution in [0, 0.1) is 5.92 Å². The highest BCUT2D eigenvalue weighted by molar-refractivity contribution is 8.00. The lowest BCUT2D eigenvalue weighted by atomic mass is 9.89. The zero-order valence-electron chi connectivity index (χ0n) is 18.3. The fourth-order valence-electron chi connectivity index (χ4n) is 3.87. The van der Waals surface area contributed by atoms with Gasteiger partial charge in [0.05, 0.1) is 11.3 Å². The number of nitrogens with zero attached hydrogens (tertiary/aromatic N) is 1. The Labute approximate surface area is 190 Å². The van der Waals surface area contributed by atoms with E-state index in [4.69, 9.17) is 0 Å². The molecule has 1 fully saturated rings. The topological polar surface area (TPSA) is 61.4 Å². The lowest BCUT2D eigenvalue weighted by molar-refractivity contribution is -0.118. The van der Waals surface area contributed by atoms with Gasteiger partial charge in [-0.05, 0) is 43.0 Å². The van der Waals surface area contributed by atoms with Gasteiger partial charge in [0, 0.05) is 37.3 Å². The fraction of sp³-hybridized carbons (Fsp3) is 0.440. The van der Waals surface area contributed by atoms with Crippen molar-refractivity contribution in [2.75, 3.05) is 37.3 Å². The molecule has 1 aliphatic carbocycles. The van der Waals surface area contributed by atoms with Gasteiger partial charge in [0.15, 0.2) is 0 Å². The van der Waals surface area contributed by atoms with Crippen molar-refractivity contribution in [2.24, 2.45) is 5.92 Å². The molecule has 31 heavy (non-hydrogen) atoms. The highest BCUT2D eigenvalue weighted by atomic mass is 32.2. The van der Waals surface area contributed by atoms with Gasteiger partial charge < -0.3 is 15.5 Å². The normalized spacial score (nSPS) is 14.1. The SMILES string of the molecule is CN(CCNC(=O)c1ccccc1SCC(=O)NCC1CCCCC1)c1ccccc1. The summed E-state index contributed by atoms with van der Waals surface area (Å²) in [6, 6.07) is 17.6. The van der Waals surface area contributed by atoms with Gasteiger partial charge in [0.2, 0.25) is 5.91 Å². The number of para-hydroxylation sites is 1. The molecule has 3 rings (SSSR count). The summed E-state index contributed by atoms with van der Waals surface area (Å²) in [4.78, 5) is 27.9. The molecule has 5 nitrogen and oxygen atoms in total. The van der Waals surface area contributed by atoms with E-state index in [-0.39, 0.29) is 11.8 Å².